The summed E-state index contributed by atoms with van der Waals surface area (Å²) in [6.45, 7) is 9.37. The first-order valence-corrected chi connectivity index (χ1v) is 11.0. The van der Waals surface area contributed by atoms with Crippen LogP contribution in [0.2, 0.25) is 0 Å². The smallest absolute Gasteiger partial charge is 0.407 e. The van der Waals surface area contributed by atoms with E-state index in [4.69, 9.17) is 9.72 Å². The van der Waals surface area contributed by atoms with E-state index in [0.717, 1.165) is 11.0 Å². The molecule has 0 fully saturated rings. The standard InChI is InChI=1S/C21H28N6O3S/c1-6-13-30-20(28)23-14-16(25-31(29)21(2,3)4)19-22-10-12-27(19)17-8-7-15-9-11-26(5)18(15)24-17/h6-12,16,25H,1,13-14H2,2-5H3,(H,23,28). The zero-order valence-electron chi connectivity index (χ0n) is 18.2. The summed E-state index contributed by atoms with van der Waals surface area (Å²) < 4.78 is 24.1. The fourth-order valence-corrected chi connectivity index (χ4v) is 3.69. The average Bonchev–Trinajstić information content (AvgIpc) is 3.35. The van der Waals surface area contributed by atoms with E-state index in [1.54, 1.807) is 12.4 Å². The molecular weight excluding hydrogens is 416 g/mol. The van der Waals surface area contributed by atoms with Crippen molar-refractivity contribution in [3.05, 3.63) is 55.3 Å². The minimum atomic E-state index is -1.39. The molecule has 9 nitrogen and oxygen atoms in total. The predicted molar refractivity (Wildman–Crippen MR) is 121 cm³/mol. The Bertz CT molecular complexity index is 1050. The third kappa shape index (κ3) is 5.46. The van der Waals surface area contributed by atoms with Crippen LogP contribution >= 0.6 is 0 Å². The molecule has 3 aromatic rings. The van der Waals surface area contributed by atoms with E-state index in [-0.39, 0.29) is 13.2 Å². The van der Waals surface area contributed by atoms with Gasteiger partial charge < -0.3 is 19.2 Å². The highest BCUT2D eigenvalue weighted by atomic mass is 32.2. The summed E-state index contributed by atoms with van der Waals surface area (Å²) in [6, 6.07) is 5.34. The minimum absolute atomic E-state index is 0.104. The highest BCUT2D eigenvalue weighted by Crippen LogP contribution is 2.22. The summed E-state index contributed by atoms with van der Waals surface area (Å²) >= 11 is -1.39. The van der Waals surface area contributed by atoms with E-state index in [2.05, 4.69) is 21.6 Å². The molecule has 0 saturated heterocycles. The van der Waals surface area contributed by atoms with E-state index in [1.165, 1.54) is 6.08 Å². The van der Waals surface area contributed by atoms with Crippen LogP contribution in [-0.4, -0.2) is 47.6 Å². The van der Waals surface area contributed by atoms with Crippen LogP contribution in [0.3, 0.4) is 0 Å². The van der Waals surface area contributed by atoms with Crippen LogP contribution < -0.4 is 10.0 Å². The Balaban J connectivity index is 1.91. The molecule has 1 amide bonds. The van der Waals surface area contributed by atoms with Gasteiger partial charge in [-0.1, -0.05) is 12.7 Å². The van der Waals surface area contributed by atoms with Crippen LogP contribution in [-0.2, 0) is 23.1 Å². The summed E-state index contributed by atoms with van der Waals surface area (Å²) in [5.74, 6) is 1.24. The maximum atomic E-state index is 12.8. The summed E-state index contributed by atoms with van der Waals surface area (Å²) in [4.78, 5) is 21.2. The van der Waals surface area contributed by atoms with Gasteiger partial charge in [-0.3, -0.25) is 4.57 Å². The highest BCUT2D eigenvalue weighted by Gasteiger charge is 2.32. The lowest BCUT2D eigenvalue weighted by atomic mass is 10.2. The molecule has 0 aliphatic carbocycles. The van der Waals surface area contributed by atoms with Gasteiger partial charge in [0.1, 0.15) is 34.7 Å². The zero-order chi connectivity index (χ0) is 22.6. The molecule has 31 heavy (non-hydrogen) atoms. The van der Waals surface area contributed by atoms with Crippen LogP contribution in [0, 0.1) is 0 Å². The third-order valence-electron chi connectivity index (χ3n) is 4.52. The Morgan fingerprint density at radius 1 is 1.35 bits per heavy atom. The van der Waals surface area contributed by atoms with Gasteiger partial charge in [-0.2, -0.15) is 0 Å². The zero-order valence-corrected chi connectivity index (χ0v) is 19.0. The van der Waals surface area contributed by atoms with Crippen LogP contribution in [0.15, 0.2) is 49.4 Å². The average molecular weight is 445 g/mol. The van der Waals surface area contributed by atoms with Gasteiger partial charge in [-0.05, 0) is 39.0 Å². The Morgan fingerprint density at radius 2 is 2.13 bits per heavy atom. The van der Waals surface area contributed by atoms with E-state index in [0.29, 0.717) is 11.6 Å². The van der Waals surface area contributed by atoms with E-state index in [1.807, 2.05) is 61.3 Å². The number of rotatable bonds is 8. The SMILES string of the molecule is C=CCOC(=O)NCC(N[S+]([O-])C(C)(C)C)c1nccn1-c1ccc2ccn(C)c2n1. The molecule has 3 rings (SSSR count). The second kappa shape index (κ2) is 9.54. The lowest BCUT2D eigenvalue weighted by molar-refractivity contribution is 0.157. The number of fused-ring (bicyclic) bond motifs is 1. The lowest BCUT2D eigenvalue weighted by Crippen LogP contribution is -2.45. The Hall–Kier alpha value is -2.82. The molecule has 0 aliphatic rings. The molecule has 10 heteroatoms. The molecule has 3 aromatic heterocycles. The number of aromatic nitrogens is 4. The molecule has 0 radical (unpaired) electrons. The van der Waals surface area contributed by atoms with Gasteiger partial charge in [0, 0.05) is 48.9 Å². The summed E-state index contributed by atoms with van der Waals surface area (Å²) in [7, 11) is 1.93. The normalized spacial score (nSPS) is 13.7. The van der Waals surface area contributed by atoms with Crippen molar-refractivity contribution in [2.45, 2.75) is 31.6 Å². The van der Waals surface area contributed by atoms with Crippen molar-refractivity contribution >= 4 is 28.5 Å². The fraction of sp³-hybridized carbons (Fsp3) is 0.381. The first kappa shape index (κ1) is 22.9. The molecule has 0 bridgehead atoms. The number of alkyl carbamates (subject to hydrolysis) is 1. The maximum absolute atomic E-state index is 12.8. The number of pyridine rings is 1. The number of imidazole rings is 1. The van der Waals surface area contributed by atoms with Crippen LogP contribution in [0.1, 0.15) is 32.6 Å². The van der Waals surface area contributed by atoms with Gasteiger partial charge in [0.05, 0.1) is 0 Å². The predicted octanol–water partition coefficient (Wildman–Crippen LogP) is 2.76. The van der Waals surface area contributed by atoms with Crippen molar-refractivity contribution in [1.82, 2.24) is 29.1 Å². The maximum Gasteiger partial charge on any atom is 0.407 e. The second-order valence-corrected chi connectivity index (χ2v) is 9.98. The van der Waals surface area contributed by atoms with Crippen molar-refractivity contribution in [1.29, 1.82) is 0 Å². The summed E-state index contributed by atoms with van der Waals surface area (Å²) in [5, 5.41) is 3.72. The number of carbonyl (C=O) groups is 1. The topological polar surface area (TPSA) is 109 Å². The van der Waals surface area contributed by atoms with E-state index >= 15 is 0 Å². The summed E-state index contributed by atoms with van der Waals surface area (Å²) in [5.41, 5.74) is 0.839. The number of nitrogens with one attached hydrogen (secondary N) is 2. The van der Waals surface area contributed by atoms with Gasteiger partial charge in [-0.25, -0.2) is 14.8 Å². The molecule has 0 aliphatic heterocycles. The highest BCUT2D eigenvalue weighted by molar-refractivity contribution is 7.90. The van der Waals surface area contributed by atoms with Crippen molar-refractivity contribution in [3.8, 4) is 5.82 Å². The Morgan fingerprint density at radius 3 is 2.84 bits per heavy atom. The summed E-state index contributed by atoms with van der Waals surface area (Å²) in [6.07, 6.45) is 6.29. The van der Waals surface area contributed by atoms with E-state index in [9.17, 15) is 9.35 Å². The van der Waals surface area contributed by atoms with Crippen LogP contribution in [0.5, 0.6) is 0 Å². The monoisotopic (exact) mass is 444 g/mol. The minimum Gasteiger partial charge on any atom is -0.598 e. The largest absolute Gasteiger partial charge is 0.598 e. The molecule has 0 spiro atoms. The van der Waals surface area contributed by atoms with Gasteiger partial charge >= 0.3 is 6.09 Å². The number of amides is 1. The molecule has 2 N–H and O–H groups in total. The Kier molecular flexibility index (Phi) is 7.04. The van der Waals surface area contributed by atoms with Crippen molar-refractivity contribution in [2.24, 2.45) is 7.05 Å². The molecule has 3 heterocycles. The van der Waals surface area contributed by atoms with Crippen LogP contribution in [0.4, 0.5) is 4.79 Å². The molecule has 2 atom stereocenters. The van der Waals surface area contributed by atoms with Crippen molar-refractivity contribution in [3.63, 3.8) is 0 Å². The first-order chi connectivity index (χ1) is 14.7. The van der Waals surface area contributed by atoms with Gasteiger partial charge in [0.15, 0.2) is 0 Å². The first-order valence-electron chi connectivity index (χ1n) is 9.86. The van der Waals surface area contributed by atoms with Gasteiger partial charge in [0.2, 0.25) is 0 Å². The number of nitrogens with zero attached hydrogens (tertiary/aromatic N) is 4. The molecule has 0 aromatic carbocycles. The van der Waals surface area contributed by atoms with Gasteiger partial charge in [-0.15, -0.1) is 4.72 Å². The van der Waals surface area contributed by atoms with Crippen molar-refractivity contribution in [2.75, 3.05) is 13.2 Å². The van der Waals surface area contributed by atoms with E-state index < -0.39 is 28.2 Å². The number of hydrogen-bond acceptors (Lipinski definition) is 6. The third-order valence-corrected chi connectivity index (χ3v) is 6.13. The number of carbonyl (C=O) groups excluding carboxylic acids is 1. The van der Waals surface area contributed by atoms with Crippen molar-refractivity contribution < 1.29 is 14.1 Å². The molecule has 2 unspecified atom stereocenters. The van der Waals surface area contributed by atoms with Crippen LogP contribution in [0.25, 0.3) is 16.9 Å². The fourth-order valence-electron chi connectivity index (χ4n) is 2.89. The molecule has 0 saturated carbocycles. The quantitative estimate of drug-likeness (QED) is 0.408. The molecule has 166 valence electrons. The Labute approximate surface area is 184 Å². The second-order valence-electron chi connectivity index (χ2n) is 7.98. The number of hydrogen-bond donors (Lipinski definition) is 2. The van der Waals surface area contributed by atoms with Gasteiger partial charge in [0.25, 0.3) is 0 Å². The molecular formula is C21H28N6O3S. The lowest BCUT2D eigenvalue weighted by Gasteiger charge is -2.28. The number of ether oxygens (including phenoxy) is 1. The number of aryl methyl sites for hydroxylation is 1.